The number of rotatable bonds is 5. The van der Waals surface area contributed by atoms with Gasteiger partial charge in [-0.05, 0) is 62.6 Å². The fourth-order valence-corrected chi connectivity index (χ4v) is 3.53. The number of benzene rings is 1. The molecule has 0 aliphatic carbocycles. The van der Waals surface area contributed by atoms with E-state index in [1.54, 1.807) is 44.3 Å². The van der Waals surface area contributed by atoms with Crippen LogP contribution >= 0.6 is 0 Å². The molecule has 22 heavy (non-hydrogen) atoms. The van der Waals surface area contributed by atoms with Crippen molar-refractivity contribution in [3.05, 3.63) is 47.2 Å². The van der Waals surface area contributed by atoms with Gasteiger partial charge in [0, 0.05) is 6.20 Å². The maximum Gasteiger partial charge on any atom is 0.263 e. The van der Waals surface area contributed by atoms with Crippen molar-refractivity contribution in [2.24, 2.45) is 0 Å². The average Bonchev–Trinajstić information content (AvgIpc) is 2.46. The molecule has 0 fully saturated rings. The number of anilines is 1. The molecule has 5 nitrogen and oxygen atoms in total. The van der Waals surface area contributed by atoms with Crippen molar-refractivity contribution in [3.63, 3.8) is 0 Å². The maximum absolute atomic E-state index is 12.6. The lowest BCUT2D eigenvalue weighted by molar-refractivity contribution is 0.337. The summed E-state index contributed by atoms with van der Waals surface area (Å²) in [5.74, 6) is 1.04. The number of sulfonamides is 1. The SMILES string of the molecule is CCOc1ccc(S(=O)(=O)Nc2ncccc2C)c(C)c1C. The average molecular weight is 320 g/mol. The van der Waals surface area contributed by atoms with Crippen molar-refractivity contribution in [2.45, 2.75) is 32.6 Å². The summed E-state index contributed by atoms with van der Waals surface area (Å²) in [4.78, 5) is 4.31. The van der Waals surface area contributed by atoms with E-state index < -0.39 is 10.0 Å². The minimum Gasteiger partial charge on any atom is -0.494 e. The van der Waals surface area contributed by atoms with Crippen LogP contribution in [0.4, 0.5) is 5.82 Å². The number of hydrogen-bond acceptors (Lipinski definition) is 4. The lowest BCUT2D eigenvalue weighted by Crippen LogP contribution is -2.16. The molecule has 0 unspecified atom stereocenters. The summed E-state index contributed by atoms with van der Waals surface area (Å²) in [6, 6.07) is 6.82. The molecule has 0 bridgehead atoms. The second-order valence-corrected chi connectivity index (χ2v) is 6.67. The minimum absolute atomic E-state index is 0.235. The maximum atomic E-state index is 12.6. The highest BCUT2D eigenvalue weighted by molar-refractivity contribution is 7.92. The summed E-state index contributed by atoms with van der Waals surface area (Å²) in [5, 5.41) is 0. The van der Waals surface area contributed by atoms with E-state index in [9.17, 15) is 8.42 Å². The third-order valence-electron chi connectivity index (χ3n) is 3.52. The first-order chi connectivity index (χ1) is 10.4. The van der Waals surface area contributed by atoms with Crippen LogP contribution in [-0.2, 0) is 10.0 Å². The van der Waals surface area contributed by atoms with Crippen molar-refractivity contribution in [2.75, 3.05) is 11.3 Å². The Morgan fingerprint density at radius 2 is 1.86 bits per heavy atom. The summed E-state index contributed by atoms with van der Waals surface area (Å²) in [5.41, 5.74) is 2.26. The van der Waals surface area contributed by atoms with E-state index in [1.165, 1.54) is 0 Å². The highest BCUT2D eigenvalue weighted by atomic mass is 32.2. The molecule has 1 aromatic carbocycles. The number of pyridine rings is 1. The van der Waals surface area contributed by atoms with E-state index in [1.807, 2.05) is 13.8 Å². The van der Waals surface area contributed by atoms with Crippen molar-refractivity contribution in [1.29, 1.82) is 0 Å². The summed E-state index contributed by atoms with van der Waals surface area (Å²) >= 11 is 0. The molecular weight excluding hydrogens is 300 g/mol. The summed E-state index contributed by atoms with van der Waals surface area (Å²) < 4.78 is 33.2. The molecule has 0 saturated carbocycles. The molecule has 0 amide bonds. The van der Waals surface area contributed by atoms with Gasteiger partial charge in [0.15, 0.2) is 0 Å². The van der Waals surface area contributed by atoms with Crippen molar-refractivity contribution >= 4 is 15.8 Å². The number of nitrogens with one attached hydrogen (secondary N) is 1. The van der Waals surface area contributed by atoms with Gasteiger partial charge in [-0.25, -0.2) is 13.4 Å². The van der Waals surface area contributed by atoms with Crippen LogP contribution < -0.4 is 9.46 Å². The van der Waals surface area contributed by atoms with E-state index in [0.717, 1.165) is 11.1 Å². The largest absolute Gasteiger partial charge is 0.494 e. The van der Waals surface area contributed by atoms with Crippen LogP contribution in [-0.4, -0.2) is 20.0 Å². The summed E-state index contributed by atoms with van der Waals surface area (Å²) in [7, 11) is -3.69. The summed E-state index contributed by atoms with van der Waals surface area (Å²) in [6.45, 7) is 7.87. The molecule has 118 valence electrons. The standard InChI is InChI=1S/C16H20N2O3S/c1-5-21-14-8-9-15(13(4)12(14)3)22(19,20)18-16-11(2)7-6-10-17-16/h6-10H,5H2,1-4H3,(H,17,18). The molecular formula is C16H20N2O3S. The van der Waals surface area contributed by atoms with Gasteiger partial charge in [-0.3, -0.25) is 4.72 Å². The van der Waals surface area contributed by atoms with Gasteiger partial charge in [-0.1, -0.05) is 6.07 Å². The van der Waals surface area contributed by atoms with Gasteiger partial charge in [0.2, 0.25) is 0 Å². The van der Waals surface area contributed by atoms with E-state index in [0.29, 0.717) is 23.7 Å². The quantitative estimate of drug-likeness (QED) is 0.918. The zero-order chi connectivity index (χ0) is 16.3. The van der Waals surface area contributed by atoms with Crippen molar-refractivity contribution in [1.82, 2.24) is 4.98 Å². The second-order valence-electron chi connectivity index (χ2n) is 5.02. The molecule has 0 saturated heterocycles. The Morgan fingerprint density at radius 1 is 1.14 bits per heavy atom. The van der Waals surface area contributed by atoms with E-state index in [-0.39, 0.29) is 4.90 Å². The monoisotopic (exact) mass is 320 g/mol. The zero-order valence-corrected chi connectivity index (χ0v) is 14.0. The molecule has 2 aromatic rings. The molecule has 1 N–H and O–H groups in total. The highest BCUT2D eigenvalue weighted by Crippen LogP contribution is 2.28. The molecule has 6 heteroatoms. The third kappa shape index (κ3) is 3.22. The van der Waals surface area contributed by atoms with Gasteiger partial charge in [0.05, 0.1) is 11.5 Å². The topological polar surface area (TPSA) is 68.3 Å². The molecule has 0 atom stereocenters. The first-order valence-corrected chi connectivity index (χ1v) is 8.52. The Balaban J connectivity index is 2.42. The summed E-state index contributed by atoms with van der Waals surface area (Å²) in [6.07, 6.45) is 1.56. The molecule has 0 spiro atoms. The molecule has 1 heterocycles. The van der Waals surface area contributed by atoms with Gasteiger partial charge in [0.1, 0.15) is 11.6 Å². The lowest BCUT2D eigenvalue weighted by atomic mass is 10.1. The van der Waals surface area contributed by atoms with Crippen LogP contribution in [0.5, 0.6) is 5.75 Å². The van der Waals surface area contributed by atoms with E-state index >= 15 is 0 Å². The lowest BCUT2D eigenvalue weighted by Gasteiger charge is -2.15. The van der Waals surface area contributed by atoms with Crippen LogP contribution in [0.3, 0.4) is 0 Å². The van der Waals surface area contributed by atoms with Crippen LogP contribution in [0, 0.1) is 20.8 Å². The van der Waals surface area contributed by atoms with Gasteiger partial charge >= 0.3 is 0 Å². The van der Waals surface area contributed by atoms with Gasteiger partial charge < -0.3 is 4.74 Å². The molecule has 0 aliphatic heterocycles. The van der Waals surface area contributed by atoms with Gasteiger partial charge in [-0.15, -0.1) is 0 Å². The first kappa shape index (κ1) is 16.3. The van der Waals surface area contributed by atoms with Crippen LogP contribution in [0.15, 0.2) is 35.4 Å². The van der Waals surface area contributed by atoms with Crippen LogP contribution in [0.1, 0.15) is 23.6 Å². The van der Waals surface area contributed by atoms with E-state index in [2.05, 4.69) is 9.71 Å². The van der Waals surface area contributed by atoms with Gasteiger partial charge in [-0.2, -0.15) is 0 Å². The highest BCUT2D eigenvalue weighted by Gasteiger charge is 2.20. The minimum atomic E-state index is -3.69. The Labute approximate surface area is 131 Å². The molecule has 0 radical (unpaired) electrons. The molecule has 1 aromatic heterocycles. The number of nitrogens with zero attached hydrogens (tertiary/aromatic N) is 1. The second kappa shape index (κ2) is 6.36. The Hall–Kier alpha value is -2.08. The predicted octanol–water partition coefficient (Wildman–Crippen LogP) is 3.21. The number of aromatic nitrogens is 1. The Kier molecular flexibility index (Phi) is 4.71. The zero-order valence-electron chi connectivity index (χ0n) is 13.2. The fourth-order valence-electron chi connectivity index (χ4n) is 2.15. The fraction of sp³-hybridized carbons (Fsp3) is 0.312. The normalized spacial score (nSPS) is 11.3. The van der Waals surface area contributed by atoms with Crippen molar-refractivity contribution in [3.8, 4) is 5.75 Å². The van der Waals surface area contributed by atoms with Crippen molar-refractivity contribution < 1.29 is 13.2 Å². The number of ether oxygens (including phenoxy) is 1. The smallest absolute Gasteiger partial charge is 0.263 e. The predicted molar refractivity (Wildman–Crippen MR) is 86.9 cm³/mol. The van der Waals surface area contributed by atoms with E-state index in [4.69, 9.17) is 4.74 Å². The van der Waals surface area contributed by atoms with Gasteiger partial charge in [0.25, 0.3) is 10.0 Å². The van der Waals surface area contributed by atoms with Crippen LogP contribution in [0.2, 0.25) is 0 Å². The van der Waals surface area contributed by atoms with Crippen LogP contribution in [0.25, 0.3) is 0 Å². The Morgan fingerprint density at radius 3 is 2.50 bits per heavy atom. The molecule has 0 aliphatic rings. The third-order valence-corrected chi connectivity index (χ3v) is 5.00. The number of hydrogen-bond donors (Lipinski definition) is 1. The molecule has 2 rings (SSSR count). The Bertz CT molecular complexity index is 786. The number of aryl methyl sites for hydroxylation is 1. The first-order valence-electron chi connectivity index (χ1n) is 7.04.